The van der Waals surface area contributed by atoms with Gasteiger partial charge in [-0.15, -0.1) is 0 Å². The second kappa shape index (κ2) is 7.78. The normalized spacial score (nSPS) is 15.4. The molecule has 1 aromatic heterocycles. The molecule has 1 aliphatic rings. The molecule has 2 heterocycles. The smallest absolute Gasteiger partial charge is 0.254 e. The van der Waals surface area contributed by atoms with E-state index in [1.165, 1.54) is 11.3 Å². The number of halogens is 1. The number of piperazine rings is 1. The minimum Gasteiger partial charge on any atom is -0.339 e. The SMILES string of the molecule is O=C(CCCCBr)N1CCN(C(=O)c2ccsc2)CC1. The minimum absolute atomic E-state index is 0.0811. The molecule has 2 rings (SSSR count). The maximum atomic E-state index is 12.2. The third-order valence-corrected chi connectivity index (χ3v) is 4.71. The molecule has 20 heavy (non-hydrogen) atoms. The van der Waals surface area contributed by atoms with E-state index in [4.69, 9.17) is 0 Å². The molecule has 0 bridgehead atoms. The van der Waals surface area contributed by atoms with Crippen molar-refractivity contribution in [3.63, 3.8) is 0 Å². The molecule has 0 saturated carbocycles. The van der Waals surface area contributed by atoms with Crippen LogP contribution in [0.1, 0.15) is 29.6 Å². The fraction of sp³-hybridized carbons (Fsp3) is 0.571. The largest absolute Gasteiger partial charge is 0.339 e. The number of rotatable bonds is 5. The first kappa shape index (κ1) is 15.5. The standard InChI is InChI=1S/C14H19BrN2O2S/c15-5-2-1-3-13(18)16-6-8-17(9-7-16)14(19)12-4-10-20-11-12/h4,10-11H,1-3,5-9H2. The molecule has 110 valence electrons. The Morgan fingerprint density at radius 1 is 1.15 bits per heavy atom. The van der Waals surface area contributed by atoms with Crippen molar-refractivity contribution in [1.29, 1.82) is 0 Å². The van der Waals surface area contributed by atoms with Gasteiger partial charge in [-0.1, -0.05) is 15.9 Å². The van der Waals surface area contributed by atoms with Crippen LogP contribution in [0.4, 0.5) is 0 Å². The highest BCUT2D eigenvalue weighted by Crippen LogP contribution is 2.13. The zero-order chi connectivity index (χ0) is 14.4. The van der Waals surface area contributed by atoms with Crippen molar-refractivity contribution >= 4 is 39.1 Å². The van der Waals surface area contributed by atoms with Gasteiger partial charge in [-0.05, 0) is 24.3 Å². The third-order valence-electron chi connectivity index (χ3n) is 3.46. The maximum absolute atomic E-state index is 12.2. The quantitative estimate of drug-likeness (QED) is 0.599. The lowest BCUT2D eigenvalue weighted by molar-refractivity contribution is -0.132. The Labute approximate surface area is 131 Å². The van der Waals surface area contributed by atoms with Gasteiger partial charge in [-0.3, -0.25) is 9.59 Å². The zero-order valence-corrected chi connectivity index (χ0v) is 13.8. The second-order valence-corrected chi connectivity index (χ2v) is 6.40. The van der Waals surface area contributed by atoms with Gasteiger partial charge >= 0.3 is 0 Å². The van der Waals surface area contributed by atoms with E-state index in [1.807, 2.05) is 26.6 Å². The first-order valence-corrected chi connectivity index (χ1v) is 8.94. The number of alkyl halides is 1. The topological polar surface area (TPSA) is 40.6 Å². The van der Waals surface area contributed by atoms with E-state index in [0.29, 0.717) is 32.6 Å². The van der Waals surface area contributed by atoms with Gasteiger partial charge in [-0.25, -0.2) is 0 Å². The van der Waals surface area contributed by atoms with Gasteiger partial charge in [0.2, 0.25) is 5.91 Å². The number of hydrogen-bond acceptors (Lipinski definition) is 3. The average molecular weight is 359 g/mol. The van der Waals surface area contributed by atoms with E-state index in [0.717, 1.165) is 23.7 Å². The Morgan fingerprint density at radius 2 is 1.85 bits per heavy atom. The first-order chi connectivity index (χ1) is 9.72. The Morgan fingerprint density at radius 3 is 2.45 bits per heavy atom. The summed E-state index contributed by atoms with van der Waals surface area (Å²) in [4.78, 5) is 27.9. The van der Waals surface area contributed by atoms with Crippen molar-refractivity contribution in [3.8, 4) is 0 Å². The number of amides is 2. The molecule has 0 N–H and O–H groups in total. The maximum Gasteiger partial charge on any atom is 0.254 e. The fourth-order valence-electron chi connectivity index (χ4n) is 2.26. The van der Waals surface area contributed by atoms with Crippen LogP contribution >= 0.6 is 27.3 Å². The summed E-state index contributed by atoms with van der Waals surface area (Å²) in [5, 5.41) is 4.74. The van der Waals surface area contributed by atoms with Gasteiger partial charge in [0.1, 0.15) is 0 Å². The number of unbranched alkanes of at least 4 members (excludes halogenated alkanes) is 1. The summed E-state index contributed by atoms with van der Waals surface area (Å²) in [7, 11) is 0. The average Bonchev–Trinajstić information content (AvgIpc) is 3.01. The van der Waals surface area contributed by atoms with E-state index in [2.05, 4.69) is 15.9 Å². The Bertz CT molecular complexity index is 442. The molecule has 4 nitrogen and oxygen atoms in total. The predicted octanol–water partition coefficient (Wildman–Crippen LogP) is 2.60. The third kappa shape index (κ3) is 4.06. The van der Waals surface area contributed by atoms with Crippen molar-refractivity contribution in [2.75, 3.05) is 31.5 Å². The van der Waals surface area contributed by atoms with Crippen LogP contribution < -0.4 is 0 Å². The minimum atomic E-state index is 0.0811. The number of hydrogen-bond donors (Lipinski definition) is 0. The van der Waals surface area contributed by atoms with Gasteiger partial charge in [0.15, 0.2) is 0 Å². The van der Waals surface area contributed by atoms with Crippen molar-refractivity contribution in [2.45, 2.75) is 19.3 Å². The number of thiophene rings is 1. The van der Waals surface area contributed by atoms with Gasteiger partial charge in [0.05, 0.1) is 5.56 Å². The molecule has 0 radical (unpaired) electrons. The highest BCUT2D eigenvalue weighted by molar-refractivity contribution is 9.09. The van der Waals surface area contributed by atoms with Crippen molar-refractivity contribution in [3.05, 3.63) is 22.4 Å². The zero-order valence-electron chi connectivity index (χ0n) is 11.4. The summed E-state index contributed by atoms with van der Waals surface area (Å²) in [6.45, 7) is 2.59. The van der Waals surface area contributed by atoms with E-state index in [9.17, 15) is 9.59 Å². The molecule has 0 spiro atoms. The Hall–Kier alpha value is -0.880. The summed E-state index contributed by atoms with van der Waals surface area (Å²) < 4.78 is 0. The van der Waals surface area contributed by atoms with Crippen LogP contribution in [0.3, 0.4) is 0 Å². The van der Waals surface area contributed by atoms with Crippen LogP contribution in [0.5, 0.6) is 0 Å². The Kier molecular flexibility index (Phi) is 6.04. The van der Waals surface area contributed by atoms with Gasteiger partial charge in [0.25, 0.3) is 5.91 Å². The fourth-order valence-corrected chi connectivity index (χ4v) is 3.28. The molecule has 0 aromatic carbocycles. The Balaban J connectivity index is 1.77. The van der Waals surface area contributed by atoms with Crippen molar-refractivity contribution < 1.29 is 9.59 Å². The lowest BCUT2D eigenvalue weighted by Crippen LogP contribution is -2.50. The summed E-state index contributed by atoms with van der Waals surface area (Å²) in [5.41, 5.74) is 0.757. The van der Waals surface area contributed by atoms with E-state index < -0.39 is 0 Å². The first-order valence-electron chi connectivity index (χ1n) is 6.87. The van der Waals surface area contributed by atoms with E-state index in [-0.39, 0.29) is 11.8 Å². The van der Waals surface area contributed by atoms with Crippen molar-refractivity contribution in [1.82, 2.24) is 9.80 Å². The molecule has 6 heteroatoms. The summed E-state index contributed by atoms with van der Waals surface area (Å²) in [5.74, 6) is 0.297. The molecule has 1 aliphatic heterocycles. The summed E-state index contributed by atoms with van der Waals surface area (Å²) in [6, 6.07) is 1.85. The van der Waals surface area contributed by atoms with Gasteiger partial charge in [-0.2, -0.15) is 11.3 Å². The molecule has 1 aromatic rings. The predicted molar refractivity (Wildman–Crippen MR) is 84.4 cm³/mol. The molecule has 1 fully saturated rings. The molecular weight excluding hydrogens is 340 g/mol. The molecule has 0 aliphatic carbocycles. The van der Waals surface area contributed by atoms with Gasteiger partial charge < -0.3 is 9.80 Å². The van der Waals surface area contributed by atoms with Gasteiger partial charge in [0, 0.05) is 43.3 Å². The lowest BCUT2D eigenvalue weighted by atomic mass is 10.2. The molecule has 1 saturated heterocycles. The summed E-state index contributed by atoms with van der Waals surface area (Å²) >= 11 is 4.90. The molecule has 0 unspecified atom stereocenters. The highest BCUT2D eigenvalue weighted by atomic mass is 79.9. The van der Waals surface area contributed by atoms with Crippen molar-refractivity contribution in [2.24, 2.45) is 0 Å². The van der Waals surface area contributed by atoms with Crippen LogP contribution in [0.25, 0.3) is 0 Å². The molecular formula is C14H19BrN2O2S. The highest BCUT2D eigenvalue weighted by Gasteiger charge is 2.24. The second-order valence-electron chi connectivity index (χ2n) is 4.83. The molecule has 2 amide bonds. The number of nitrogens with zero attached hydrogens (tertiary/aromatic N) is 2. The van der Waals surface area contributed by atoms with Crippen LogP contribution in [0, 0.1) is 0 Å². The van der Waals surface area contributed by atoms with E-state index in [1.54, 1.807) is 0 Å². The number of carbonyl (C=O) groups excluding carboxylic acids is 2. The monoisotopic (exact) mass is 358 g/mol. The van der Waals surface area contributed by atoms with Crippen LogP contribution in [0.2, 0.25) is 0 Å². The summed E-state index contributed by atoms with van der Waals surface area (Å²) in [6.07, 6.45) is 2.57. The van der Waals surface area contributed by atoms with Crippen LogP contribution in [-0.2, 0) is 4.79 Å². The van der Waals surface area contributed by atoms with E-state index >= 15 is 0 Å². The van der Waals surface area contributed by atoms with Crippen LogP contribution in [-0.4, -0.2) is 53.1 Å². The lowest BCUT2D eigenvalue weighted by Gasteiger charge is -2.34. The number of carbonyl (C=O) groups is 2. The van der Waals surface area contributed by atoms with Crippen LogP contribution in [0.15, 0.2) is 16.8 Å². The molecule has 0 atom stereocenters.